The largest absolute Gasteiger partial charge is 0.368 e. The van der Waals surface area contributed by atoms with Crippen molar-refractivity contribution in [2.75, 3.05) is 57.5 Å². The van der Waals surface area contributed by atoms with Crippen molar-refractivity contribution in [1.29, 1.82) is 0 Å². The van der Waals surface area contributed by atoms with Crippen LogP contribution in [0.5, 0.6) is 0 Å². The standard InChI is InChI=1S/C27H30FN7O2/c1-32(2)23(36)19-6-17-11-29-25(31-22(17)35(24(19)37)27-8-16(9-27)10-27)30-18-4-5-21(20(28)7-18)34-14-26(15-34)12-33(3)13-26/h4-7,11,16H,8-10,12-15H2,1-3H3,(H,29,30,31). The van der Waals surface area contributed by atoms with E-state index < -0.39 is 0 Å². The van der Waals surface area contributed by atoms with Crippen LogP contribution in [0, 0.1) is 17.2 Å². The fraction of sp³-hybridized carbons (Fsp3) is 0.481. The number of fused-ring (bicyclic) bond motifs is 1. The average molecular weight is 504 g/mol. The third kappa shape index (κ3) is 3.31. The van der Waals surface area contributed by atoms with Gasteiger partial charge in [0.25, 0.3) is 11.5 Å². The molecule has 1 spiro atoms. The lowest BCUT2D eigenvalue weighted by Gasteiger charge is -2.62. The molecule has 0 unspecified atom stereocenters. The number of nitrogens with one attached hydrogen (secondary N) is 1. The van der Waals surface area contributed by atoms with Gasteiger partial charge in [0.15, 0.2) is 0 Å². The second-order valence-corrected chi connectivity index (χ2v) is 11.9. The Morgan fingerprint density at radius 3 is 2.46 bits per heavy atom. The van der Waals surface area contributed by atoms with Gasteiger partial charge in [-0.05, 0) is 56.5 Å². The number of rotatable bonds is 5. The molecule has 9 nitrogen and oxygen atoms in total. The van der Waals surface area contributed by atoms with Crippen molar-refractivity contribution in [2.24, 2.45) is 11.3 Å². The third-order valence-corrected chi connectivity index (χ3v) is 8.67. The Kier molecular flexibility index (Phi) is 4.59. The summed E-state index contributed by atoms with van der Waals surface area (Å²) in [5, 5.41) is 3.74. The number of benzene rings is 1. The molecule has 2 bridgehead atoms. The Labute approximate surface area is 213 Å². The van der Waals surface area contributed by atoms with E-state index >= 15 is 4.39 Å². The number of carbonyl (C=O) groups excluding carboxylic acids is 1. The zero-order valence-electron chi connectivity index (χ0n) is 21.3. The fourth-order valence-electron chi connectivity index (χ4n) is 6.90. The topological polar surface area (TPSA) is 86.6 Å². The minimum atomic E-state index is -0.331. The molecule has 3 aromatic rings. The highest BCUT2D eigenvalue weighted by atomic mass is 19.1. The number of amides is 1. The zero-order valence-corrected chi connectivity index (χ0v) is 21.3. The summed E-state index contributed by atoms with van der Waals surface area (Å²) in [7, 11) is 5.38. The highest BCUT2D eigenvalue weighted by Gasteiger charge is 2.59. The van der Waals surface area contributed by atoms with Crippen LogP contribution < -0.4 is 15.8 Å². The fourth-order valence-corrected chi connectivity index (χ4v) is 6.90. The molecule has 0 atom stereocenters. The highest BCUT2D eigenvalue weighted by molar-refractivity contribution is 5.96. The summed E-state index contributed by atoms with van der Waals surface area (Å²) in [6, 6.07) is 6.68. The van der Waals surface area contributed by atoms with Crippen molar-refractivity contribution in [3.05, 3.63) is 52.2 Å². The van der Waals surface area contributed by atoms with Crippen molar-refractivity contribution in [3.63, 3.8) is 0 Å². The van der Waals surface area contributed by atoms with E-state index in [1.807, 2.05) is 6.07 Å². The summed E-state index contributed by atoms with van der Waals surface area (Å²) < 4.78 is 16.7. The number of pyridine rings is 1. The van der Waals surface area contributed by atoms with Crippen LogP contribution >= 0.6 is 0 Å². The third-order valence-electron chi connectivity index (χ3n) is 8.67. The molecule has 37 heavy (non-hydrogen) atoms. The Bertz CT molecular complexity index is 1500. The molecule has 2 aliphatic heterocycles. The molecule has 1 N–H and O–H groups in total. The first kappa shape index (κ1) is 22.7. The van der Waals surface area contributed by atoms with Gasteiger partial charge in [-0.3, -0.25) is 14.2 Å². The van der Waals surface area contributed by atoms with Gasteiger partial charge in [-0.2, -0.15) is 4.98 Å². The van der Waals surface area contributed by atoms with Crippen LogP contribution in [-0.4, -0.2) is 77.6 Å². The van der Waals surface area contributed by atoms with E-state index in [1.54, 1.807) is 37.0 Å². The van der Waals surface area contributed by atoms with E-state index in [-0.39, 0.29) is 34.3 Å². The first-order valence-electron chi connectivity index (χ1n) is 12.8. The maximum absolute atomic E-state index is 15.0. The molecule has 192 valence electrons. The minimum Gasteiger partial charge on any atom is -0.368 e. The van der Waals surface area contributed by atoms with Crippen molar-refractivity contribution >= 4 is 34.3 Å². The molecule has 3 saturated carbocycles. The summed E-state index contributed by atoms with van der Waals surface area (Å²) >= 11 is 0. The van der Waals surface area contributed by atoms with Crippen LogP contribution in [-0.2, 0) is 5.54 Å². The second-order valence-electron chi connectivity index (χ2n) is 11.9. The van der Waals surface area contributed by atoms with Gasteiger partial charge in [-0.15, -0.1) is 0 Å². The van der Waals surface area contributed by atoms with Gasteiger partial charge in [0, 0.05) is 63.0 Å². The van der Waals surface area contributed by atoms with Gasteiger partial charge in [0.05, 0.1) is 11.2 Å². The number of nitrogens with zero attached hydrogens (tertiary/aromatic N) is 6. The van der Waals surface area contributed by atoms with Gasteiger partial charge >= 0.3 is 0 Å². The van der Waals surface area contributed by atoms with Gasteiger partial charge in [-0.25, -0.2) is 9.37 Å². The molecule has 5 fully saturated rings. The average Bonchev–Trinajstić information content (AvgIpc) is 2.75. The lowest BCUT2D eigenvalue weighted by Crippen LogP contribution is -2.71. The van der Waals surface area contributed by atoms with E-state index in [0.717, 1.165) is 45.4 Å². The Balaban J connectivity index is 1.19. The predicted molar refractivity (Wildman–Crippen MR) is 139 cm³/mol. The lowest BCUT2D eigenvalue weighted by atomic mass is 9.49. The molecule has 10 heteroatoms. The molecule has 5 aliphatic rings. The Hall–Kier alpha value is -3.53. The van der Waals surface area contributed by atoms with Gasteiger partial charge in [0.2, 0.25) is 5.95 Å². The van der Waals surface area contributed by atoms with Gasteiger partial charge in [-0.1, -0.05) is 0 Å². The first-order valence-corrected chi connectivity index (χ1v) is 12.8. The number of carbonyl (C=O) groups is 1. The number of hydrogen-bond acceptors (Lipinski definition) is 7. The summed E-state index contributed by atoms with van der Waals surface area (Å²) in [6.07, 6.45) is 4.40. The van der Waals surface area contributed by atoms with E-state index in [9.17, 15) is 9.59 Å². The zero-order chi connectivity index (χ0) is 25.7. The summed E-state index contributed by atoms with van der Waals surface area (Å²) in [5.74, 6) is 0.308. The smallest absolute Gasteiger partial charge is 0.265 e. The maximum Gasteiger partial charge on any atom is 0.265 e. The van der Waals surface area contributed by atoms with Crippen LogP contribution in [0.1, 0.15) is 29.6 Å². The van der Waals surface area contributed by atoms with E-state index in [0.29, 0.717) is 33.7 Å². The quantitative estimate of drug-likeness (QED) is 0.573. The second kappa shape index (κ2) is 7.50. The predicted octanol–water partition coefficient (Wildman–Crippen LogP) is 2.64. The molecule has 4 heterocycles. The van der Waals surface area contributed by atoms with Crippen LogP contribution in [0.3, 0.4) is 0 Å². The molecule has 0 radical (unpaired) electrons. The summed E-state index contributed by atoms with van der Waals surface area (Å²) in [6.45, 7) is 3.91. The van der Waals surface area contributed by atoms with Crippen LogP contribution in [0.2, 0.25) is 0 Å². The molecule has 2 aromatic heterocycles. The Morgan fingerprint density at radius 2 is 1.86 bits per heavy atom. The van der Waals surface area contributed by atoms with Crippen molar-refractivity contribution in [3.8, 4) is 0 Å². The molecule has 8 rings (SSSR count). The lowest BCUT2D eigenvalue weighted by molar-refractivity contribution is -0.0884. The number of hydrogen-bond donors (Lipinski definition) is 1. The number of aromatic nitrogens is 3. The molecule has 1 amide bonds. The van der Waals surface area contributed by atoms with E-state index in [1.165, 1.54) is 11.0 Å². The molecule has 3 aliphatic carbocycles. The summed E-state index contributed by atoms with van der Waals surface area (Å²) in [4.78, 5) is 41.1. The summed E-state index contributed by atoms with van der Waals surface area (Å²) in [5.41, 5.74) is 1.53. The van der Waals surface area contributed by atoms with E-state index in [2.05, 4.69) is 32.1 Å². The number of likely N-dealkylation sites (tertiary alicyclic amines) is 1. The molecule has 1 aromatic carbocycles. The van der Waals surface area contributed by atoms with Crippen LogP contribution in [0.4, 0.5) is 21.7 Å². The number of anilines is 3. The maximum atomic E-state index is 15.0. The minimum absolute atomic E-state index is 0.130. The monoisotopic (exact) mass is 503 g/mol. The van der Waals surface area contributed by atoms with Crippen molar-refractivity contribution in [2.45, 2.75) is 24.8 Å². The Morgan fingerprint density at radius 1 is 1.14 bits per heavy atom. The molecular formula is C27H30FN7O2. The highest BCUT2D eigenvalue weighted by Crippen LogP contribution is 2.62. The number of halogens is 1. The molecular weight excluding hydrogens is 473 g/mol. The van der Waals surface area contributed by atoms with Crippen molar-refractivity contribution in [1.82, 2.24) is 24.3 Å². The van der Waals surface area contributed by atoms with Crippen molar-refractivity contribution < 1.29 is 9.18 Å². The first-order chi connectivity index (χ1) is 17.7. The van der Waals surface area contributed by atoms with Gasteiger partial charge < -0.3 is 20.0 Å². The van der Waals surface area contributed by atoms with Crippen LogP contribution in [0.25, 0.3) is 11.0 Å². The van der Waals surface area contributed by atoms with E-state index in [4.69, 9.17) is 0 Å². The van der Waals surface area contributed by atoms with Crippen LogP contribution in [0.15, 0.2) is 35.3 Å². The SMILES string of the molecule is CN1CC2(C1)CN(c1ccc(Nc3ncc4cc(C(=O)N(C)C)c(=O)n(C56CC(C5)C6)c4n3)cc1F)C2. The molecule has 2 saturated heterocycles. The van der Waals surface area contributed by atoms with Gasteiger partial charge in [0.1, 0.15) is 17.0 Å². The normalized spacial score (nSPS) is 25.2.